The van der Waals surface area contributed by atoms with Gasteiger partial charge in [-0.1, -0.05) is 30.3 Å². The molecule has 0 unspecified atom stereocenters. The number of benzene rings is 1. The molecule has 1 aromatic carbocycles. The van der Waals surface area contributed by atoms with Crippen LogP contribution < -0.4 is 0 Å². The number of imidazole rings is 1. The van der Waals surface area contributed by atoms with E-state index in [0.717, 1.165) is 51.0 Å². The number of hydrogen-bond donors (Lipinski definition) is 1. The highest BCUT2D eigenvalue weighted by Crippen LogP contribution is 2.27. The second-order valence-corrected chi connectivity index (χ2v) is 8.37. The molecule has 1 N–H and O–H groups in total. The van der Waals surface area contributed by atoms with E-state index in [1.54, 1.807) is 0 Å². The third kappa shape index (κ3) is 5.84. The predicted molar refractivity (Wildman–Crippen MR) is 107 cm³/mol. The van der Waals surface area contributed by atoms with Crippen LogP contribution in [-0.4, -0.2) is 39.7 Å². The lowest BCUT2D eigenvalue weighted by Gasteiger charge is -2.33. The highest BCUT2D eigenvalue weighted by Gasteiger charge is 2.28. The average Bonchev–Trinajstić information content (AvgIpc) is 3.10. The number of rotatable bonds is 5. The molecule has 1 aromatic heterocycles. The molecule has 0 bridgehead atoms. The Bertz CT molecular complexity index is 726. The summed E-state index contributed by atoms with van der Waals surface area (Å²) in [5, 5.41) is 0. The fourth-order valence-corrected chi connectivity index (χ4v) is 3.52. The fourth-order valence-electron chi connectivity index (χ4n) is 3.52. The van der Waals surface area contributed by atoms with Crippen molar-refractivity contribution in [3.8, 4) is 0 Å². The first-order valence-electron chi connectivity index (χ1n) is 9.96. The minimum Gasteiger partial charge on any atom is -0.444 e. The SMILES string of the molecule is CC(C)(C)OC(=O)N1CCC(c2cnc(CCCc3ccccc3)[nH]2)CC1. The molecule has 5 nitrogen and oxygen atoms in total. The van der Waals surface area contributed by atoms with Crippen molar-refractivity contribution in [2.45, 2.75) is 64.4 Å². The van der Waals surface area contributed by atoms with E-state index in [2.05, 4.69) is 40.3 Å². The molecule has 1 saturated heterocycles. The van der Waals surface area contributed by atoms with Crippen LogP contribution in [0, 0.1) is 0 Å². The van der Waals surface area contributed by atoms with Crippen molar-refractivity contribution in [3.63, 3.8) is 0 Å². The highest BCUT2D eigenvalue weighted by atomic mass is 16.6. The average molecular weight is 370 g/mol. The molecule has 1 aliphatic heterocycles. The van der Waals surface area contributed by atoms with Gasteiger partial charge in [0, 0.05) is 37.3 Å². The van der Waals surface area contributed by atoms with Gasteiger partial charge in [0.2, 0.25) is 0 Å². The van der Waals surface area contributed by atoms with E-state index < -0.39 is 5.60 Å². The lowest BCUT2D eigenvalue weighted by molar-refractivity contribution is 0.0204. The Kier molecular flexibility index (Phi) is 6.19. The molecule has 1 amide bonds. The van der Waals surface area contributed by atoms with Crippen LogP contribution in [0.5, 0.6) is 0 Å². The summed E-state index contributed by atoms with van der Waals surface area (Å²) >= 11 is 0. The van der Waals surface area contributed by atoms with Crippen LogP contribution in [0.1, 0.15) is 63.0 Å². The lowest BCUT2D eigenvalue weighted by Crippen LogP contribution is -2.41. The molecule has 0 saturated carbocycles. The standard InChI is InChI=1S/C22H31N3O2/c1-22(2,3)27-21(26)25-14-12-18(13-15-25)19-16-23-20(24-19)11-7-10-17-8-5-4-6-9-17/h4-6,8-9,16,18H,7,10-15H2,1-3H3,(H,23,24). The lowest BCUT2D eigenvalue weighted by atomic mass is 9.94. The number of piperidine rings is 1. The monoisotopic (exact) mass is 369 g/mol. The van der Waals surface area contributed by atoms with Crippen LogP contribution in [-0.2, 0) is 17.6 Å². The van der Waals surface area contributed by atoms with Gasteiger partial charge in [-0.3, -0.25) is 0 Å². The second kappa shape index (κ2) is 8.59. The molecule has 2 aromatic rings. The Morgan fingerprint density at radius 2 is 1.89 bits per heavy atom. The number of aromatic amines is 1. The topological polar surface area (TPSA) is 58.2 Å². The van der Waals surface area contributed by atoms with Gasteiger partial charge in [-0.15, -0.1) is 0 Å². The van der Waals surface area contributed by atoms with Gasteiger partial charge in [-0.25, -0.2) is 9.78 Å². The first kappa shape index (κ1) is 19.5. The summed E-state index contributed by atoms with van der Waals surface area (Å²) in [5.41, 5.74) is 2.14. The summed E-state index contributed by atoms with van der Waals surface area (Å²) < 4.78 is 5.47. The molecule has 2 heterocycles. The molecule has 0 spiro atoms. The minimum atomic E-state index is -0.439. The van der Waals surface area contributed by atoms with Gasteiger partial charge in [0.1, 0.15) is 11.4 Å². The molecule has 0 aliphatic carbocycles. The van der Waals surface area contributed by atoms with Gasteiger partial charge in [0.05, 0.1) is 0 Å². The molecule has 27 heavy (non-hydrogen) atoms. The first-order valence-corrected chi connectivity index (χ1v) is 9.96. The van der Waals surface area contributed by atoms with Gasteiger partial charge in [-0.05, 0) is 52.0 Å². The van der Waals surface area contributed by atoms with Crippen LogP contribution in [0.15, 0.2) is 36.5 Å². The van der Waals surface area contributed by atoms with E-state index in [1.165, 1.54) is 11.3 Å². The Hall–Kier alpha value is -2.30. The third-order valence-corrected chi connectivity index (χ3v) is 4.96. The molecule has 146 valence electrons. The Labute approximate surface area is 162 Å². The second-order valence-electron chi connectivity index (χ2n) is 8.37. The fraction of sp³-hybridized carbons (Fsp3) is 0.545. The summed E-state index contributed by atoms with van der Waals surface area (Å²) in [6.07, 6.45) is 6.80. The van der Waals surface area contributed by atoms with Crippen LogP contribution >= 0.6 is 0 Å². The van der Waals surface area contributed by atoms with Crippen LogP contribution in [0.2, 0.25) is 0 Å². The maximum absolute atomic E-state index is 12.2. The molecule has 0 radical (unpaired) electrons. The van der Waals surface area contributed by atoms with Crippen molar-refractivity contribution in [1.29, 1.82) is 0 Å². The van der Waals surface area contributed by atoms with E-state index in [4.69, 9.17) is 4.74 Å². The number of likely N-dealkylation sites (tertiary alicyclic amines) is 1. The maximum atomic E-state index is 12.2. The number of carbonyl (C=O) groups excluding carboxylic acids is 1. The number of ether oxygens (including phenoxy) is 1. The number of carbonyl (C=O) groups is 1. The largest absolute Gasteiger partial charge is 0.444 e. The quantitative estimate of drug-likeness (QED) is 0.831. The van der Waals surface area contributed by atoms with Gasteiger partial charge < -0.3 is 14.6 Å². The third-order valence-electron chi connectivity index (χ3n) is 4.96. The summed E-state index contributed by atoms with van der Waals surface area (Å²) in [7, 11) is 0. The van der Waals surface area contributed by atoms with Crippen LogP contribution in [0.25, 0.3) is 0 Å². The molecule has 1 fully saturated rings. The molecule has 1 aliphatic rings. The summed E-state index contributed by atoms with van der Waals surface area (Å²) in [6.45, 7) is 7.19. The van der Waals surface area contributed by atoms with Crippen molar-refractivity contribution in [2.24, 2.45) is 0 Å². The van der Waals surface area contributed by atoms with E-state index in [9.17, 15) is 4.79 Å². The maximum Gasteiger partial charge on any atom is 0.410 e. The summed E-state index contributed by atoms with van der Waals surface area (Å²) in [5.74, 6) is 1.51. The van der Waals surface area contributed by atoms with Gasteiger partial charge >= 0.3 is 6.09 Å². The van der Waals surface area contributed by atoms with Crippen molar-refractivity contribution in [2.75, 3.05) is 13.1 Å². The predicted octanol–water partition coefficient (Wildman–Crippen LogP) is 4.70. The van der Waals surface area contributed by atoms with Gasteiger partial charge in [0.25, 0.3) is 0 Å². The Morgan fingerprint density at radius 3 is 2.56 bits per heavy atom. The number of aromatic nitrogens is 2. The molecule has 0 atom stereocenters. The number of hydrogen-bond acceptors (Lipinski definition) is 3. The highest BCUT2D eigenvalue weighted by molar-refractivity contribution is 5.68. The number of amides is 1. The zero-order valence-electron chi connectivity index (χ0n) is 16.7. The minimum absolute atomic E-state index is 0.202. The van der Waals surface area contributed by atoms with E-state index in [-0.39, 0.29) is 6.09 Å². The van der Waals surface area contributed by atoms with E-state index >= 15 is 0 Å². The van der Waals surface area contributed by atoms with Crippen LogP contribution in [0.3, 0.4) is 0 Å². The van der Waals surface area contributed by atoms with Gasteiger partial charge in [-0.2, -0.15) is 0 Å². The van der Waals surface area contributed by atoms with E-state index in [0.29, 0.717) is 5.92 Å². The van der Waals surface area contributed by atoms with Crippen molar-refractivity contribution in [1.82, 2.24) is 14.9 Å². The van der Waals surface area contributed by atoms with Gasteiger partial charge in [0.15, 0.2) is 0 Å². The summed E-state index contributed by atoms with van der Waals surface area (Å²) in [6, 6.07) is 10.6. The van der Waals surface area contributed by atoms with Crippen molar-refractivity contribution >= 4 is 6.09 Å². The zero-order chi connectivity index (χ0) is 19.3. The Balaban J connectivity index is 1.44. The molecule has 3 rings (SSSR count). The Morgan fingerprint density at radius 1 is 1.19 bits per heavy atom. The number of nitrogens with zero attached hydrogens (tertiary/aromatic N) is 2. The van der Waals surface area contributed by atoms with Crippen molar-refractivity contribution < 1.29 is 9.53 Å². The van der Waals surface area contributed by atoms with E-state index in [1.807, 2.05) is 31.9 Å². The first-order chi connectivity index (χ1) is 12.9. The smallest absolute Gasteiger partial charge is 0.410 e. The normalized spacial score (nSPS) is 15.7. The molecular weight excluding hydrogens is 338 g/mol. The summed E-state index contributed by atoms with van der Waals surface area (Å²) in [4.78, 5) is 22.1. The van der Waals surface area contributed by atoms with Crippen molar-refractivity contribution in [3.05, 3.63) is 53.6 Å². The molecule has 5 heteroatoms. The zero-order valence-corrected chi connectivity index (χ0v) is 16.7. The number of nitrogens with one attached hydrogen (secondary N) is 1. The van der Waals surface area contributed by atoms with Crippen LogP contribution in [0.4, 0.5) is 4.79 Å². The number of aryl methyl sites for hydroxylation is 2. The molecular formula is C22H31N3O2. The number of H-pyrrole nitrogens is 1.